The Bertz CT molecular complexity index is 1370. The van der Waals surface area contributed by atoms with Gasteiger partial charge in [0.2, 0.25) is 11.8 Å². The smallest absolute Gasteiger partial charge is 0.291 e. The highest BCUT2D eigenvalue weighted by Gasteiger charge is 2.14. The molecule has 1 aromatic heterocycles. The Morgan fingerprint density at radius 2 is 1.62 bits per heavy atom. The van der Waals surface area contributed by atoms with Crippen LogP contribution in [0.25, 0.3) is 22.0 Å². The second-order valence-corrected chi connectivity index (χ2v) is 7.53. The molecule has 0 spiro atoms. The van der Waals surface area contributed by atoms with Crippen LogP contribution in [0, 0.1) is 6.92 Å². The third-order valence-corrected chi connectivity index (χ3v) is 4.99. The summed E-state index contributed by atoms with van der Waals surface area (Å²) in [5, 5.41) is 11.7. The number of nitrogens with one attached hydrogen (secondary N) is 2. The molecule has 32 heavy (non-hydrogen) atoms. The number of benzene rings is 3. The molecule has 0 aliphatic heterocycles. The largest absolute Gasteiger partial charge is 0.324 e. The van der Waals surface area contributed by atoms with Crippen LogP contribution in [-0.2, 0) is 16.1 Å². The lowest BCUT2D eigenvalue weighted by molar-refractivity contribution is -0.117. The van der Waals surface area contributed by atoms with E-state index < -0.39 is 11.5 Å². The predicted molar refractivity (Wildman–Crippen MR) is 126 cm³/mol. The summed E-state index contributed by atoms with van der Waals surface area (Å²) in [7, 11) is 0. The van der Waals surface area contributed by atoms with Gasteiger partial charge in [-0.3, -0.25) is 14.4 Å². The van der Waals surface area contributed by atoms with Gasteiger partial charge in [-0.2, -0.15) is 5.10 Å². The van der Waals surface area contributed by atoms with Gasteiger partial charge in [0.1, 0.15) is 12.2 Å². The van der Waals surface area contributed by atoms with E-state index in [-0.39, 0.29) is 18.1 Å². The van der Waals surface area contributed by atoms with Crippen molar-refractivity contribution in [3.05, 3.63) is 88.7 Å². The normalized spacial score (nSPS) is 10.7. The molecule has 7 heteroatoms. The van der Waals surface area contributed by atoms with E-state index in [0.717, 1.165) is 26.6 Å². The molecule has 0 saturated heterocycles. The van der Waals surface area contributed by atoms with Crippen LogP contribution in [0.15, 0.2) is 77.6 Å². The summed E-state index contributed by atoms with van der Waals surface area (Å²) in [6.07, 6.45) is 0. The number of carbonyl (C=O) groups excluding carboxylic acids is 2. The zero-order chi connectivity index (χ0) is 22.7. The number of hydrogen-bond donors (Lipinski definition) is 2. The number of nitrogens with zero attached hydrogens (tertiary/aromatic N) is 2. The Balaban J connectivity index is 1.67. The van der Waals surface area contributed by atoms with Gasteiger partial charge in [-0.25, -0.2) is 4.68 Å². The predicted octanol–water partition coefficient (Wildman–Crippen LogP) is 3.97. The number of rotatable bonds is 5. The quantitative estimate of drug-likeness (QED) is 0.505. The third-order valence-electron chi connectivity index (χ3n) is 4.99. The maximum atomic E-state index is 12.8. The highest BCUT2D eigenvalue weighted by atomic mass is 16.2. The summed E-state index contributed by atoms with van der Waals surface area (Å²) in [6, 6.07) is 22.5. The Morgan fingerprint density at radius 3 is 2.38 bits per heavy atom. The lowest BCUT2D eigenvalue weighted by atomic mass is 10.1. The molecular weight excluding hydrogens is 404 g/mol. The fraction of sp³-hybridized carbons (Fsp3) is 0.120. The van der Waals surface area contributed by atoms with E-state index in [1.165, 1.54) is 13.0 Å². The molecule has 0 unspecified atom stereocenters. The maximum absolute atomic E-state index is 12.8. The van der Waals surface area contributed by atoms with Crippen molar-refractivity contribution >= 4 is 34.0 Å². The molecule has 0 aliphatic carbocycles. The molecule has 2 N–H and O–H groups in total. The number of aromatic nitrogens is 2. The van der Waals surface area contributed by atoms with Crippen molar-refractivity contribution in [2.45, 2.75) is 20.4 Å². The molecule has 2 amide bonds. The second-order valence-electron chi connectivity index (χ2n) is 7.53. The van der Waals surface area contributed by atoms with Crippen LogP contribution < -0.4 is 16.2 Å². The summed E-state index contributed by atoms with van der Waals surface area (Å²) in [5.74, 6) is -0.777. The number of fused-ring (bicyclic) bond motifs is 1. The van der Waals surface area contributed by atoms with Crippen LogP contribution in [0.2, 0.25) is 0 Å². The van der Waals surface area contributed by atoms with Gasteiger partial charge < -0.3 is 10.6 Å². The molecule has 0 saturated carbocycles. The molecule has 0 atom stereocenters. The van der Waals surface area contributed by atoms with Crippen molar-refractivity contribution in [3.8, 4) is 11.3 Å². The minimum Gasteiger partial charge on any atom is -0.324 e. The summed E-state index contributed by atoms with van der Waals surface area (Å²) in [6.45, 7) is 3.00. The van der Waals surface area contributed by atoms with Crippen molar-refractivity contribution in [1.29, 1.82) is 0 Å². The first-order chi connectivity index (χ1) is 15.4. The van der Waals surface area contributed by atoms with Gasteiger partial charge >= 0.3 is 0 Å². The highest BCUT2D eigenvalue weighted by Crippen LogP contribution is 2.23. The molecular formula is C25H22N4O3. The topological polar surface area (TPSA) is 93.1 Å². The Labute approximate surface area is 184 Å². The van der Waals surface area contributed by atoms with Gasteiger partial charge in [0.05, 0.1) is 5.69 Å². The third kappa shape index (κ3) is 4.57. The minimum absolute atomic E-state index is 0.0704. The summed E-state index contributed by atoms with van der Waals surface area (Å²) < 4.78 is 1.07. The van der Waals surface area contributed by atoms with Crippen LogP contribution >= 0.6 is 0 Å². The maximum Gasteiger partial charge on any atom is 0.291 e. The summed E-state index contributed by atoms with van der Waals surface area (Å²) in [5.41, 5.74) is 2.50. The minimum atomic E-state index is -0.552. The summed E-state index contributed by atoms with van der Waals surface area (Å²) in [4.78, 5) is 37.3. The highest BCUT2D eigenvalue weighted by molar-refractivity contribution is 6.02. The summed E-state index contributed by atoms with van der Waals surface area (Å²) >= 11 is 0. The zero-order valence-corrected chi connectivity index (χ0v) is 17.8. The molecule has 4 aromatic rings. The SMILES string of the molecule is CC(=O)Nc1cc(-c2ccc(C)cc2)nn(CC(=O)Nc2cccc3ccccc23)c1=O. The van der Waals surface area contributed by atoms with Crippen LogP contribution in [0.3, 0.4) is 0 Å². The number of carbonyl (C=O) groups is 2. The molecule has 0 fully saturated rings. The Hall–Kier alpha value is -4.26. The zero-order valence-electron chi connectivity index (χ0n) is 17.8. The second kappa shape index (κ2) is 8.85. The van der Waals surface area contributed by atoms with Crippen molar-refractivity contribution in [1.82, 2.24) is 9.78 Å². The van der Waals surface area contributed by atoms with E-state index in [2.05, 4.69) is 15.7 Å². The average molecular weight is 426 g/mol. The van der Waals surface area contributed by atoms with E-state index in [4.69, 9.17) is 0 Å². The molecule has 7 nitrogen and oxygen atoms in total. The van der Waals surface area contributed by atoms with Crippen molar-refractivity contribution < 1.29 is 9.59 Å². The molecule has 4 rings (SSSR count). The Morgan fingerprint density at radius 1 is 0.906 bits per heavy atom. The molecule has 160 valence electrons. The Kier molecular flexibility index (Phi) is 5.81. The van der Waals surface area contributed by atoms with Crippen molar-refractivity contribution in [2.24, 2.45) is 0 Å². The van der Waals surface area contributed by atoms with E-state index in [1.807, 2.05) is 73.7 Å². The van der Waals surface area contributed by atoms with E-state index in [0.29, 0.717) is 11.4 Å². The number of aryl methyl sites for hydroxylation is 1. The molecule has 0 bridgehead atoms. The van der Waals surface area contributed by atoms with Crippen LogP contribution in [0.4, 0.5) is 11.4 Å². The van der Waals surface area contributed by atoms with Gasteiger partial charge in [-0.15, -0.1) is 0 Å². The van der Waals surface area contributed by atoms with Gasteiger partial charge in [0.15, 0.2) is 0 Å². The van der Waals surface area contributed by atoms with Crippen LogP contribution in [-0.4, -0.2) is 21.6 Å². The van der Waals surface area contributed by atoms with Crippen LogP contribution in [0.5, 0.6) is 0 Å². The molecule has 0 aliphatic rings. The van der Waals surface area contributed by atoms with Crippen molar-refractivity contribution in [3.63, 3.8) is 0 Å². The van der Waals surface area contributed by atoms with Gasteiger partial charge in [0.25, 0.3) is 5.56 Å². The monoisotopic (exact) mass is 426 g/mol. The molecule has 1 heterocycles. The first-order valence-corrected chi connectivity index (χ1v) is 10.1. The molecule has 3 aromatic carbocycles. The lowest BCUT2D eigenvalue weighted by Crippen LogP contribution is -2.32. The molecule has 0 radical (unpaired) electrons. The number of anilines is 2. The lowest BCUT2D eigenvalue weighted by Gasteiger charge is -2.12. The first-order valence-electron chi connectivity index (χ1n) is 10.1. The van der Waals surface area contributed by atoms with E-state index in [9.17, 15) is 14.4 Å². The van der Waals surface area contributed by atoms with Gasteiger partial charge in [0, 0.05) is 23.6 Å². The fourth-order valence-corrected chi connectivity index (χ4v) is 3.45. The number of amides is 2. The van der Waals surface area contributed by atoms with Gasteiger partial charge in [-0.05, 0) is 24.4 Å². The van der Waals surface area contributed by atoms with Crippen LogP contribution in [0.1, 0.15) is 12.5 Å². The van der Waals surface area contributed by atoms with Crippen molar-refractivity contribution in [2.75, 3.05) is 10.6 Å². The average Bonchev–Trinajstić information content (AvgIpc) is 2.77. The first kappa shape index (κ1) is 21.0. The number of hydrogen-bond acceptors (Lipinski definition) is 4. The van der Waals surface area contributed by atoms with E-state index >= 15 is 0 Å². The van der Waals surface area contributed by atoms with Gasteiger partial charge in [-0.1, -0.05) is 66.2 Å². The standard InChI is InChI=1S/C25H22N4O3/c1-16-10-12-19(13-11-16)22-14-23(26-17(2)30)25(32)29(28-22)15-24(31)27-21-9-5-7-18-6-3-4-8-20(18)21/h3-14H,15H2,1-2H3,(H,26,30)(H,27,31). The fourth-order valence-electron chi connectivity index (χ4n) is 3.45. The van der Waals surface area contributed by atoms with E-state index in [1.54, 1.807) is 0 Å².